The summed E-state index contributed by atoms with van der Waals surface area (Å²) in [6, 6.07) is 9.99. The van der Waals surface area contributed by atoms with E-state index in [1.807, 2.05) is 6.26 Å². The highest BCUT2D eigenvalue weighted by molar-refractivity contribution is 7.98. The lowest BCUT2D eigenvalue weighted by Gasteiger charge is -2.07. The predicted molar refractivity (Wildman–Crippen MR) is 76.6 cm³/mol. The minimum absolute atomic E-state index is 0.321. The molecule has 0 atom stereocenters. The molecule has 19 heavy (non-hydrogen) atoms. The molecule has 0 radical (unpaired) electrons. The first-order chi connectivity index (χ1) is 9.24. The van der Waals surface area contributed by atoms with Crippen LogP contribution in [0.4, 0.5) is 0 Å². The Balaban J connectivity index is 2.25. The van der Waals surface area contributed by atoms with Gasteiger partial charge >= 0.3 is 5.97 Å². The Bertz CT molecular complexity index is 567. The van der Waals surface area contributed by atoms with Gasteiger partial charge in [-0.1, -0.05) is 12.1 Å². The van der Waals surface area contributed by atoms with Crippen LogP contribution in [0.2, 0.25) is 0 Å². The average Bonchev–Trinajstić information content (AvgIpc) is 2.48. The van der Waals surface area contributed by atoms with E-state index in [0.29, 0.717) is 12.0 Å². The maximum absolute atomic E-state index is 11.7. The monoisotopic (exact) mass is 273 g/mol. The molecule has 0 aliphatic carbocycles. The number of aromatic nitrogens is 1. The van der Waals surface area contributed by atoms with Crippen LogP contribution in [0.1, 0.15) is 21.5 Å². The van der Waals surface area contributed by atoms with E-state index in [1.54, 1.807) is 30.2 Å². The third-order valence-electron chi connectivity index (χ3n) is 2.86. The van der Waals surface area contributed by atoms with Crippen molar-refractivity contribution in [3.05, 3.63) is 59.4 Å². The first-order valence-corrected chi connectivity index (χ1v) is 7.11. The van der Waals surface area contributed by atoms with E-state index in [1.165, 1.54) is 12.0 Å². The fraction of sp³-hybridized carbons (Fsp3) is 0.200. The Kier molecular flexibility index (Phi) is 4.58. The van der Waals surface area contributed by atoms with Gasteiger partial charge in [0.05, 0.1) is 12.7 Å². The summed E-state index contributed by atoms with van der Waals surface area (Å²) in [6.07, 6.45) is 6.04. The molecule has 98 valence electrons. The molecular formula is C15H15NO2S. The van der Waals surface area contributed by atoms with Crippen LogP contribution >= 0.6 is 11.8 Å². The molecule has 4 heteroatoms. The molecule has 0 fully saturated rings. The molecule has 1 aromatic carbocycles. The van der Waals surface area contributed by atoms with Crippen molar-refractivity contribution in [3.8, 4) is 0 Å². The summed E-state index contributed by atoms with van der Waals surface area (Å²) in [7, 11) is 1.39. The number of thioether (sulfide) groups is 1. The minimum Gasteiger partial charge on any atom is -0.465 e. The van der Waals surface area contributed by atoms with Crippen molar-refractivity contribution in [1.82, 2.24) is 4.98 Å². The van der Waals surface area contributed by atoms with E-state index in [-0.39, 0.29) is 5.97 Å². The van der Waals surface area contributed by atoms with Gasteiger partial charge < -0.3 is 4.74 Å². The van der Waals surface area contributed by atoms with Gasteiger partial charge in [0.25, 0.3) is 0 Å². The van der Waals surface area contributed by atoms with E-state index < -0.39 is 0 Å². The summed E-state index contributed by atoms with van der Waals surface area (Å²) < 4.78 is 4.78. The summed E-state index contributed by atoms with van der Waals surface area (Å²) in [5, 5.41) is 0. The number of carbonyl (C=O) groups excluding carboxylic acids is 1. The fourth-order valence-electron chi connectivity index (χ4n) is 1.84. The van der Waals surface area contributed by atoms with Crippen LogP contribution in [0.3, 0.4) is 0 Å². The zero-order valence-corrected chi connectivity index (χ0v) is 11.7. The number of methoxy groups -OCH3 is 1. The lowest BCUT2D eigenvalue weighted by molar-refractivity contribution is 0.0599. The average molecular weight is 273 g/mol. The van der Waals surface area contributed by atoms with Gasteiger partial charge in [-0.15, -0.1) is 11.8 Å². The third-order valence-corrected chi connectivity index (χ3v) is 3.61. The molecule has 0 saturated carbocycles. The summed E-state index contributed by atoms with van der Waals surface area (Å²) in [4.78, 5) is 17.0. The van der Waals surface area contributed by atoms with Crippen molar-refractivity contribution in [2.45, 2.75) is 11.3 Å². The number of esters is 1. The maximum Gasteiger partial charge on any atom is 0.338 e. The third kappa shape index (κ3) is 3.35. The smallest absolute Gasteiger partial charge is 0.338 e. The summed E-state index contributed by atoms with van der Waals surface area (Å²) >= 11 is 1.71. The largest absolute Gasteiger partial charge is 0.465 e. The normalized spacial score (nSPS) is 10.2. The molecule has 0 aliphatic heterocycles. The molecule has 0 unspecified atom stereocenters. The Hall–Kier alpha value is -1.81. The molecule has 0 N–H and O–H groups in total. The number of pyridine rings is 1. The Morgan fingerprint density at radius 1 is 1.26 bits per heavy atom. The molecule has 1 aromatic heterocycles. The number of rotatable bonds is 4. The lowest BCUT2D eigenvalue weighted by atomic mass is 10.0. The first kappa shape index (κ1) is 13.6. The topological polar surface area (TPSA) is 39.2 Å². The van der Waals surface area contributed by atoms with Crippen LogP contribution in [0, 0.1) is 0 Å². The predicted octanol–water partition coefficient (Wildman–Crippen LogP) is 3.18. The second-order valence-corrected chi connectivity index (χ2v) is 4.93. The lowest BCUT2D eigenvalue weighted by Crippen LogP contribution is -2.06. The molecular weight excluding hydrogens is 258 g/mol. The van der Waals surface area contributed by atoms with Gasteiger partial charge in [-0.05, 0) is 42.0 Å². The van der Waals surface area contributed by atoms with Gasteiger partial charge in [-0.2, -0.15) is 0 Å². The molecule has 0 aliphatic rings. The van der Waals surface area contributed by atoms with Gasteiger partial charge in [0, 0.05) is 17.3 Å². The number of hydrogen-bond donors (Lipinski definition) is 0. The number of hydrogen-bond acceptors (Lipinski definition) is 4. The molecule has 3 nitrogen and oxygen atoms in total. The van der Waals surface area contributed by atoms with Crippen LogP contribution in [0.5, 0.6) is 0 Å². The summed E-state index contributed by atoms with van der Waals surface area (Å²) in [5.74, 6) is -0.321. The van der Waals surface area contributed by atoms with Crippen molar-refractivity contribution in [3.63, 3.8) is 0 Å². The molecule has 0 bridgehead atoms. The van der Waals surface area contributed by atoms with E-state index in [4.69, 9.17) is 4.74 Å². The van der Waals surface area contributed by atoms with Crippen LogP contribution in [0.25, 0.3) is 0 Å². The number of benzene rings is 1. The van der Waals surface area contributed by atoms with Crippen LogP contribution in [-0.4, -0.2) is 24.3 Å². The van der Waals surface area contributed by atoms with Gasteiger partial charge in [-0.3, -0.25) is 4.98 Å². The molecule has 2 aromatic rings. The Labute approximate surface area is 117 Å². The molecule has 0 saturated heterocycles. The van der Waals surface area contributed by atoms with E-state index in [0.717, 1.165) is 11.1 Å². The highest BCUT2D eigenvalue weighted by Gasteiger charge is 2.11. The SMILES string of the molecule is COC(=O)c1ccncc1Cc1ccc(SC)cc1. The zero-order valence-electron chi connectivity index (χ0n) is 10.9. The van der Waals surface area contributed by atoms with Crippen molar-refractivity contribution in [1.29, 1.82) is 0 Å². The highest BCUT2D eigenvalue weighted by atomic mass is 32.2. The Morgan fingerprint density at radius 3 is 2.63 bits per heavy atom. The first-order valence-electron chi connectivity index (χ1n) is 5.88. The molecule has 2 rings (SSSR count). The zero-order chi connectivity index (χ0) is 13.7. The second kappa shape index (κ2) is 6.38. The number of ether oxygens (including phenoxy) is 1. The van der Waals surface area contributed by atoms with E-state index >= 15 is 0 Å². The molecule has 0 amide bonds. The molecule has 1 heterocycles. The maximum atomic E-state index is 11.7. The van der Waals surface area contributed by atoms with Crippen molar-refractivity contribution >= 4 is 17.7 Å². The second-order valence-electron chi connectivity index (χ2n) is 4.05. The van der Waals surface area contributed by atoms with Crippen LogP contribution in [0.15, 0.2) is 47.6 Å². The molecule has 0 spiro atoms. The van der Waals surface area contributed by atoms with Crippen LogP contribution in [-0.2, 0) is 11.2 Å². The van der Waals surface area contributed by atoms with Gasteiger partial charge in [0.15, 0.2) is 0 Å². The fourth-order valence-corrected chi connectivity index (χ4v) is 2.25. The van der Waals surface area contributed by atoms with Gasteiger partial charge in [-0.25, -0.2) is 4.79 Å². The standard InChI is InChI=1S/C15H15NO2S/c1-18-15(17)14-7-8-16-10-12(14)9-11-3-5-13(19-2)6-4-11/h3-8,10H,9H2,1-2H3. The van der Waals surface area contributed by atoms with Gasteiger partial charge in [0.1, 0.15) is 0 Å². The summed E-state index contributed by atoms with van der Waals surface area (Å²) in [6.45, 7) is 0. The Morgan fingerprint density at radius 2 is 2.00 bits per heavy atom. The quantitative estimate of drug-likeness (QED) is 0.633. The minimum atomic E-state index is -0.321. The van der Waals surface area contributed by atoms with Crippen LogP contribution < -0.4 is 0 Å². The number of nitrogens with zero attached hydrogens (tertiary/aromatic N) is 1. The van der Waals surface area contributed by atoms with Crippen molar-refractivity contribution < 1.29 is 9.53 Å². The van der Waals surface area contributed by atoms with Crippen molar-refractivity contribution in [2.75, 3.05) is 13.4 Å². The summed E-state index contributed by atoms with van der Waals surface area (Å²) in [5.41, 5.74) is 2.61. The van der Waals surface area contributed by atoms with Crippen molar-refractivity contribution in [2.24, 2.45) is 0 Å². The van der Waals surface area contributed by atoms with E-state index in [2.05, 4.69) is 29.2 Å². The van der Waals surface area contributed by atoms with E-state index in [9.17, 15) is 4.79 Å². The van der Waals surface area contributed by atoms with Gasteiger partial charge in [0.2, 0.25) is 0 Å². The number of carbonyl (C=O) groups is 1. The highest BCUT2D eigenvalue weighted by Crippen LogP contribution is 2.18.